The summed E-state index contributed by atoms with van der Waals surface area (Å²) < 4.78 is 25.8. The van der Waals surface area contributed by atoms with E-state index < -0.39 is 11.7 Å². The predicted molar refractivity (Wildman–Crippen MR) is 125 cm³/mol. The van der Waals surface area contributed by atoms with E-state index in [0.29, 0.717) is 32.5 Å². The molecule has 8 nitrogen and oxygen atoms in total. The Labute approximate surface area is 201 Å². The lowest BCUT2D eigenvalue weighted by atomic mass is 10.1. The van der Waals surface area contributed by atoms with E-state index in [2.05, 4.69) is 25.9 Å². The van der Waals surface area contributed by atoms with Gasteiger partial charge in [0, 0.05) is 26.7 Å². The normalized spacial score (nSPS) is 11.0. The summed E-state index contributed by atoms with van der Waals surface area (Å²) in [7, 11) is 0. The number of carbonyl (C=O) groups is 1. The minimum atomic E-state index is -0.594. The number of ether oxygens (including phenoxy) is 1. The third kappa shape index (κ3) is 4.43. The zero-order valence-corrected chi connectivity index (χ0v) is 18.7. The quantitative estimate of drug-likeness (QED) is 0.303. The first-order valence-corrected chi connectivity index (χ1v) is 10.7. The molecule has 0 aliphatic heterocycles. The molecule has 0 unspecified atom stereocenters. The zero-order chi connectivity index (χ0) is 23.7. The molecule has 2 N–H and O–H groups in total. The summed E-state index contributed by atoms with van der Waals surface area (Å²) in [6.07, 6.45) is 1.27. The number of fused-ring (bicyclic) bond motifs is 1. The van der Waals surface area contributed by atoms with E-state index in [1.807, 2.05) is 0 Å². The number of rotatable bonds is 6. The Kier molecular flexibility index (Phi) is 5.87. The van der Waals surface area contributed by atoms with E-state index >= 15 is 0 Å². The highest BCUT2D eigenvalue weighted by atomic mass is 35.5. The molecule has 0 radical (unpaired) electrons. The fraction of sp³-hybridized carbons (Fsp3) is 0.0435. The van der Waals surface area contributed by atoms with E-state index in [0.717, 1.165) is 5.56 Å². The fourth-order valence-corrected chi connectivity index (χ4v) is 3.77. The molecule has 34 heavy (non-hydrogen) atoms. The van der Waals surface area contributed by atoms with Gasteiger partial charge in [0.05, 0.1) is 11.1 Å². The summed E-state index contributed by atoms with van der Waals surface area (Å²) in [6, 6.07) is 14.6. The maximum absolute atomic E-state index is 14.6. The van der Waals surface area contributed by atoms with Gasteiger partial charge in [-0.2, -0.15) is 0 Å². The van der Waals surface area contributed by atoms with E-state index in [9.17, 15) is 9.18 Å². The fourth-order valence-electron chi connectivity index (χ4n) is 3.31. The van der Waals surface area contributed by atoms with E-state index in [-0.39, 0.29) is 23.6 Å². The minimum absolute atomic E-state index is 0.134. The number of benzene rings is 3. The minimum Gasteiger partial charge on any atom is -0.489 e. The molecule has 3 aromatic carbocycles. The third-order valence-electron chi connectivity index (χ3n) is 5.03. The van der Waals surface area contributed by atoms with Gasteiger partial charge in [-0.25, -0.2) is 9.49 Å². The van der Waals surface area contributed by atoms with Gasteiger partial charge in [-0.15, -0.1) is 5.10 Å². The molecular weight excluding hydrogens is 484 g/mol. The average molecular weight is 498 g/mol. The number of amides is 1. The van der Waals surface area contributed by atoms with Gasteiger partial charge in [-0.1, -0.05) is 29.3 Å². The smallest absolute Gasteiger partial charge is 0.259 e. The molecule has 0 aliphatic carbocycles. The van der Waals surface area contributed by atoms with E-state index in [1.54, 1.807) is 42.5 Å². The van der Waals surface area contributed by atoms with Crippen molar-refractivity contribution in [1.82, 2.24) is 20.6 Å². The Morgan fingerprint density at radius 3 is 2.68 bits per heavy atom. The molecule has 0 atom stereocenters. The summed E-state index contributed by atoms with van der Waals surface area (Å²) in [5, 5.41) is 17.2. The molecule has 0 aliphatic rings. The van der Waals surface area contributed by atoms with Crippen LogP contribution in [0.4, 0.5) is 10.1 Å². The van der Waals surface area contributed by atoms with Gasteiger partial charge in [0.2, 0.25) is 0 Å². The highest BCUT2D eigenvalue weighted by molar-refractivity contribution is 6.35. The number of anilines is 1. The van der Waals surface area contributed by atoms with Gasteiger partial charge in [-0.05, 0) is 59.0 Å². The number of carbonyl (C=O) groups excluding carboxylic acids is 1. The monoisotopic (exact) mass is 497 g/mol. The van der Waals surface area contributed by atoms with Crippen LogP contribution < -0.4 is 10.1 Å². The van der Waals surface area contributed by atoms with Gasteiger partial charge >= 0.3 is 0 Å². The lowest BCUT2D eigenvalue weighted by molar-refractivity contribution is 0.102. The summed E-state index contributed by atoms with van der Waals surface area (Å²) in [5.74, 6) is -0.297. The number of tetrazole rings is 1. The van der Waals surface area contributed by atoms with Crippen molar-refractivity contribution in [1.29, 1.82) is 0 Å². The Bertz CT molecular complexity index is 1490. The number of aromatic nitrogens is 4. The number of nitrogens with zero attached hydrogens (tertiary/aromatic N) is 3. The van der Waals surface area contributed by atoms with Crippen molar-refractivity contribution in [2.75, 3.05) is 5.32 Å². The van der Waals surface area contributed by atoms with E-state index in [1.165, 1.54) is 18.4 Å². The summed E-state index contributed by atoms with van der Waals surface area (Å²) in [4.78, 5) is 12.8. The molecule has 0 bridgehead atoms. The van der Waals surface area contributed by atoms with Crippen molar-refractivity contribution in [2.45, 2.75) is 6.61 Å². The second-order valence-electron chi connectivity index (χ2n) is 7.23. The van der Waals surface area contributed by atoms with Crippen LogP contribution in [-0.4, -0.2) is 26.5 Å². The predicted octanol–water partition coefficient (Wildman–Crippen LogP) is 5.89. The first-order valence-electron chi connectivity index (χ1n) is 9.91. The molecule has 2 heterocycles. The number of nitrogens with one attached hydrogen (secondary N) is 2. The second kappa shape index (κ2) is 9.12. The highest BCUT2D eigenvalue weighted by Crippen LogP contribution is 2.29. The molecule has 2 aromatic heterocycles. The van der Waals surface area contributed by atoms with Crippen molar-refractivity contribution in [2.24, 2.45) is 0 Å². The molecule has 5 rings (SSSR count). The lowest BCUT2D eigenvalue weighted by Gasteiger charge is -2.09. The van der Waals surface area contributed by atoms with Gasteiger partial charge in [-0.3, -0.25) is 4.79 Å². The number of H-pyrrole nitrogens is 1. The molecule has 5 aromatic rings. The molecular formula is C23H14Cl2FN5O3. The van der Waals surface area contributed by atoms with Crippen LogP contribution in [0.2, 0.25) is 10.0 Å². The van der Waals surface area contributed by atoms with Crippen LogP contribution >= 0.6 is 23.2 Å². The van der Waals surface area contributed by atoms with Crippen molar-refractivity contribution >= 4 is 45.8 Å². The first-order chi connectivity index (χ1) is 16.5. The number of furan rings is 1. The van der Waals surface area contributed by atoms with Gasteiger partial charge in [0.15, 0.2) is 5.82 Å². The lowest BCUT2D eigenvalue weighted by Crippen LogP contribution is -2.11. The molecule has 0 saturated heterocycles. The molecule has 0 spiro atoms. The molecule has 0 fully saturated rings. The molecule has 1 amide bonds. The van der Waals surface area contributed by atoms with Crippen LogP contribution in [0, 0.1) is 5.82 Å². The second-order valence-corrected chi connectivity index (χ2v) is 8.07. The maximum Gasteiger partial charge on any atom is 0.259 e. The first kappa shape index (κ1) is 21.9. The molecule has 170 valence electrons. The SMILES string of the molecule is O=C(Nc1ccc(OCc2ccc(Cl)cc2Cl)cc1)c1coc2cc(-c3nnn[nH]3)c(F)cc12. The number of halogens is 3. The topological polar surface area (TPSA) is 106 Å². The van der Waals surface area contributed by atoms with E-state index in [4.69, 9.17) is 32.4 Å². The Balaban J connectivity index is 1.28. The molecule has 11 heteroatoms. The van der Waals surface area contributed by atoms with Crippen LogP contribution in [0.3, 0.4) is 0 Å². The highest BCUT2D eigenvalue weighted by Gasteiger charge is 2.19. The third-order valence-corrected chi connectivity index (χ3v) is 5.62. The number of hydrogen-bond acceptors (Lipinski definition) is 6. The zero-order valence-electron chi connectivity index (χ0n) is 17.2. The Hall–Kier alpha value is -3.95. The summed E-state index contributed by atoms with van der Waals surface area (Å²) in [6.45, 7) is 0.264. The van der Waals surface area contributed by atoms with Crippen molar-refractivity contribution in [3.05, 3.63) is 87.8 Å². The largest absolute Gasteiger partial charge is 0.489 e. The van der Waals surface area contributed by atoms with Crippen LogP contribution in [0.25, 0.3) is 22.4 Å². The summed E-state index contributed by atoms with van der Waals surface area (Å²) >= 11 is 12.1. The van der Waals surface area contributed by atoms with Crippen LogP contribution in [0.5, 0.6) is 5.75 Å². The maximum atomic E-state index is 14.6. The number of aromatic amines is 1. The van der Waals surface area contributed by atoms with Crippen LogP contribution in [-0.2, 0) is 6.61 Å². The Morgan fingerprint density at radius 2 is 1.94 bits per heavy atom. The Morgan fingerprint density at radius 1 is 1.12 bits per heavy atom. The van der Waals surface area contributed by atoms with Gasteiger partial charge in [0.25, 0.3) is 5.91 Å². The van der Waals surface area contributed by atoms with Crippen LogP contribution in [0.15, 0.2) is 65.3 Å². The summed E-state index contributed by atoms with van der Waals surface area (Å²) in [5.41, 5.74) is 1.97. The van der Waals surface area contributed by atoms with Gasteiger partial charge in [0.1, 0.15) is 30.0 Å². The molecule has 0 saturated carbocycles. The van der Waals surface area contributed by atoms with Gasteiger partial charge < -0.3 is 14.5 Å². The van der Waals surface area contributed by atoms with Crippen LogP contribution in [0.1, 0.15) is 15.9 Å². The van der Waals surface area contributed by atoms with Crippen molar-refractivity contribution < 1.29 is 18.3 Å². The number of hydrogen-bond donors (Lipinski definition) is 2. The van der Waals surface area contributed by atoms with Crippen molar-refractivity contribution in [3.63, 3.8) is 0 Å². The van der Waals surface area contributed by atoms with Crippen molar-refractivity contribution in [3.8, 4) is 17.1 Å². The average Bonchev–Trinajstić information content (AvgIpc) is 3.49. The standard InChI is InChI=1S/C23H14Cl2FN5O3/c24-13-2-1-12(19(25)7-13)10-33-15-5-3-14(4-6-15)27-23(32)18-11-34-21-9-17(20(26)8-16(18)21)22-28-30-31-29-22/h1-9,11H,10H2,(H,27,32)(H,28,29,30,31).